The molecule has 12 rings (SSSR count). The zero-order chi connectivity index (χ0) is 44.3. The number of fused-ring (bicyclic) bond motifs is 6. The van der Waals surface area contributed by atoms with Crippen molar-refractivity contribution in [2.75, 3.05) is 0 Å². The van der Waals surface area contributed by atoms with Crippen LogP contribution in [-0.4, -0.2) is 29.1 Å². The molecular weight excluding hydrogens is 1100 g/mol. The van der Waals surface area contributed by atoms with Crippen molar-refractivity contribution in [3.63, 3.8) is 0 Å². The molecule has 0 aliphatic carbocycles. The summed E-state index contributed by atoms with van der Waals surface area (Å²) in [5, 5.41) is 6.06. The van der Waals surface area contributed by atoms with Crippen LogP contribution >= 0.6 is 90.4 Å². The molecule has 320 valence electrons. The van der Waals surface area contributed by atoms with Crippen LogP contribution in [0.5, 0.6) is 0 Å². The fourth-order valence-electron chi connectivity index (χ4n) is 8.64. The molecule has 0 aliphatic heterocycles. The molecule has 0 saturated heterocycles. The number of aromatic amines is 3. The first kappa shape index (κ1) is 41.0. The summed E-state index contributed by atoms with van der Waals surface area (Å²) in [5.74, 6) is 0. The minimum absolute atomic E-state index is 0.492. The summed E-state index contributed by atoms with van der Waals surface area (Å²) in [6.07, 6.45) is 5.53. The Morgan fingerprint density at radius 3 is 1.03 bits per heavy atom. The number of hydrogen-bond acceptors (Lipinski definition) is 4. The third kappa shape index (κ3) is 6.58. The summed E-state index contributed by atoms with van der Waals surface area (Å²) in [7, 11) is -5.00. The normalized spacial score (nSPS) is 12.2. The molecule has 0 fully saturated rings. The van der Waals surface area contributed by atoms with Crippen molar-refractivity contribution in [3.05, 3.63) is 174 Å². The summed E-state index contributed by atoms with van der Waals surface area (Å²) in [4.78, 5) is 10.0. The second-order valence-electron chi connectivity index (χ2n) is 15.3. The van der Waals surface area contributed by atoms with Gasteiger partial charge in [-0.15, -0.1) is 0 Å². The van der Waals surface area contributed by atoms with Gasteiger partial charge in [-0.1, -0.05) is 89.4 Å². The minimum atomic E-state index is -5.00. The Kier molecular flexibility index (Phi) is 9.81. The zero-order valence-electron chi connectivity index (χ0n) is 33.0. The molecular formula is C48H27Br3Cl3N6O4P. The van der Waals surface area contributed by atoms with E-state index in [0.717, 1.165) is 48.9 Å². The number of benzene rings is 6. The van der Waals surface area contributed by atoms with Crippen molar-refractivity contribution in [1.82, 2.24) is 29.1 Å². The van der Waals surface area contributed by atoms with Crippen LogP contribution in [0.15, 0.2) is 159 Å². The molecule has 6 aromatic carbocycles. The number of aromatic nitrogens is 6. The van der Waals surface area contributed by atoms with E-state index in [0.29, 0.717) is 78.8 Å². The summed E-state index contributed by atoms with van der Waals surface area (Å²) in [6.45, 7) is 0. The fraction of sp³-hybridized carbons (Fsp3) is 0. The van der Waals surface area contributed by atoms with E-state index >= 15 is 4.57 Å². The van der Waals surface area contributed by atoms with Crippen molar-refractivity contribution in [1.29, 1.82) is 0 Å². The minimum Gasteiger partial charge on any atom is -0.360 e. The average molecular weight is 1130 g/mol. The molecule has 0 bridgehead atoms. The highest BCUT2D eigenvalue weighted by Crippen LogP contribution is 2.49. The molecule has 3 N–H and O–H groups in total. The number of nitrogens with one attached hydrogen (secondary N) is 3. The van der Waals surface area contributed by atoms with Gasteiger partial charge in [0.05, 0.1) is 48.7 Å². The Bertz CT molecular complexity index is 3580. The van der Waals surface area contributed by atoms with Gasteiger partial charge in [-0.2, -0.15) is 18.8 Å². The van der Waals surface area contributed by atoms with E-state index in [1.54, 1.807) is 0 Å². The molecule has 10 nitrogen and oxygen atoms in total. The smallest absolute Gasteiger partial charge is 0.360 e. The lowest BCUT2D eigenvalue weighted by Crippen LogP contribution is -2.26. The van der Waals surface area contributed by atoms with Crippen molar-refractivity contribution in [2.24, 2.45) is 0 Å². The van der Waals surface area contributed by atoms with Crippen molar-refractivity contribution < 1.29 is 18.4 Å². The summed E-state index contributed by atoms with van der Waals surface area (Å²) >= 11 is 31.8. The molecule has 0 spiro atoms. The van der Waals surface area contributed by atoms with E-state index in [1.807, 2.05) is 146 Å². The Balaban J connectivity index is 1.12. The van der Waals surface area contributed by atoms with Crippen molar-refractivity contribution in [3.8, 4) is 33.8 Å². The lowest BCUT2D eigenvalue weighted by atomic mass is 10.1. The van der Waals surface area contributed by atoms with Crippen molar-refractivity contribution in [2.45, 2.75) is 0 Å². The van der Waals surface area contributed by atoms with Crippen LogP contribution in [0.1, 0.15) is 0 Å². The lowest BCUT2D eigenvalue weighted by Gasteiger charge is -2.23. The van der Waals surface area contributed by atoms with Gasteiger partial charge in [-0.05, 0) is 121 Å². The Hall–Kier alpha value is -5.50. The average Bonchev–Trinajstić information content (AvgIpc) is 4.18. The first-order valence-corrected chi connectivity index (χ1v) is 24.9. The van der Waals surface area contributed by atoms with E-state index in [2.05, 4.69) is 62.7 Å². The summed E-state index contributed by atoms with van der Waals surface area (Å²) in [5.41, 5.74) is 7.79. The predicted octanol–water partition coefficient (Wildman–Crippen LogP) is 16.0. The third-order valence-corrected chi connectivity index (χ3v) is 16.5. The number of para-hydroxylation sites is 3. The van der Waals surface area contributed by atoms with E-state index in [4.69, 9.17) is 48.7 Å². The van der Waals surface area contributed by atoms with Crippen LogP contribution in [0.2, 0.25) is 15.1 Å². The van der Waals surface area contributed by atoms with Gasteiger partial charge in [0.25, 0.3) is 0 Å². The first-order valence-electron chi connectivity index (χ1n) is 19.9. The molecule has 0 unspecified atom stereocenters. The van der Waals surface area contributed by atoms with E-state index < -0.39 is 7.82 Å². The van der Waals surface area contributed by atoms with Crippen molar-refractivity contribution >= 4 is 156 Å². The van der Waals surface area contributed by atoms with Crippen LogP contribution in [0.3, 0.4) is 0 Å². The Morgan fingerprint density at radius 1 is 0.431 bits per heavy atom. The third-order valence-electron chi connectivity index (χ3n) is 11.6. The predicted molar refractivity (Wildman–Crippen MR) is 273 cm³/mol. The monoisotopic (exact) mass is 1120 g/mol. The topological polar surface area (TPSA) is 107 Å². The largest absolute Gasteiger partial charge is 0.705 e. The number of H-pyrrole nitrogens is 3. The molecule has 0 radical (unpaired) electrons. The van der Waals surface area contributed by atoms with Crippen LogP contribution in [-0.2, 0) is 4.57 Å². The molecule has 65 heavy (non-hydrogen) atoms. The zero-order valence-corrected chi connectivity index (χ0v) is 41.0. The summed E-state index contributed by atoms with van der Waals surface area (Å²) < 4.78 is 44.0. The molecule has 17 heteroatoms. The molecule has 0 aliphatic rings. The molecule has 0 atom stereocenters. The molecule has 6 aromatic heterocycles. The highest BCUT2D eigenvalue weighted by molar-refractivity contribution is 9.11. The fourth-order valence-corrected chi connectivity index (χ4v) is 11.6. The molecule has 0 saturated carbocycles. The van der Waals surface area contributed by atoms with Crippen LogP contribution in [0.4, 0.5) is 0 Å². The van der Waals surface area contributed by atoms with Gasteiger partial charge < -0.3 is 15.0 Å². The van der Waals surface area contributed by atoms with E-state index in [9.17, 15) is 0 Å². The van der Waals surface area contributed by atoms with Gasteiger partial charge in [0, 0.05) is 97.6 Å². The standard InChI is InChI=1S/C48H27Br3Cl3N6O4P/c49-31-13-16-34-43(46(31)52)28(22-55-34)40-19-25-7-1-4-10-37(25)58(40)62-65(61,63-59-38-11-5-2-8-26(38)20-41(59)29-23-56-35-17-14-32(50)47(53)44(29)35)64-60-39-12-6-3-9-27(39)21-42(60)30-24-57-36-18-15-33(51)48(54)45(30)36/h1-24,55-57H. The van der Waals surface area contributed by atoms with Crippen LogP contribution in [0, 0.1) is 0 Å². The van der Waals surface area contributed by atoms with Gasteiger partial charge in [0.2, 0.25) is 0 Å². The maximum absolute atomic E-state index is 16.6. The molecule has 12 aromatic rings. The van der Waals surface area contributed by atoms with Gasteiger partial charge >= 0.3 is 7.82 Å². The van der Waals surface area contributed by atoms with Gasteiger partial charge in [0.1, 0.15) is 0 Å². The van der Waals surface area contributed by atoms with E-state index in [1.165, 1.54) is 14.2 Å². The Morgan fingerprint density at radius 2 is 0.723 bits per heavy atom. The van der Waals surface area contributed by atoms with E-state index in [-0.39, 0.29) is 0 Å². The van der Waals surface area contributed by atoms with Gasteiger partial charge in [-0.25, -0.2) is 0 Å². The highest BCUT2D eigenvalue weighted by Gasteiger charge is 2.40. The summed E-state index contributed by atoms with van der Waals surface area (Å²) in [6, 6.07) is 40.2. The number of hydrogen-bond donors (Lipinski definition) is 3. The SMILES string of the molecule is O=P(On1c(-c2c[nH]c3ccc(Br)c(Cl)c23)cc2ccccc21)(On1c(-c2c[nH]c3ccc(Br)c(Cl)c23)cc2ccccc21)On1c(-c2c[nH]c3ccc(Br)c(Cl)c23)cc2ccccc21. The number of rotatable bonds is 9. The van der Waals surface area contributed by atoms with Gasteiger partial charge in [-0.3, -0.25) is 13.9 Å². The number of nitrogens with zero attached hydrogens (tertiary/aromatic N) is 3. The second-order valence-corrected chi connectivity index (χ2v) is 20.4. The van der Waals surface area contributed by atoms with Gasteiger partial charge in [0.15, 0.2) is 0 Å². The van der Waals surface area contributed by atoms with Crippen LogP contribution < -0.4 is 13.9 Å². The highest BCUT2D eigenvalue weighted by atomic mass is 79.9. The molecule has 0 amide bonds. The first-order chi connectivity index (χ1) is 31.5. The Labute approximate surface area is 408 Å². The molecule has 6 heterocycles. The quantitative estimate of drug-likeness (QED) is 0.125. The maximum atomic E-state index is 16.6. The number of halogens is 6. The number of phosphoric acid groups is 1. The maximum Gasteiger partial charge on any atom is 0.705 e. The lowest BCUT2D eigenvalue weighted by molar-refractivity contribution is 0.102. The second kappa shape index (κ2) is 15.6. The van der Waals surface area contributed by atoms with Crippen LogP contribution in [0.25, 0.3) is 99.2 Å².